The fourth-order valence-corrected chi connectivity index (χ4v) is 4.09. The fourth-order valence-electron chi connectivity index (χ4n) is 4.09. The first-order valence-corrected chi connectivity index (χ1v) is 10.0. The van der Waals surface area contributed by atoms with Gasteiger partial charge in [0, 0.05) is 31.9 Å². The van der Waals surface area contributed by atoms with Gasteiger partial charge in [-0.3, -0.25) is 4.79 Å². The lowest BCUT2D eigenvalue weighted by atomic mass is 10.0. The van der Waals surface area contributed by atoms with Crippen molar-refractivity contribution in [2.45, 2.75) is 38.3 Å². The largest absolute Gasteiger partial charge is 0.477 e. The van der Waals surface area contributed by atoms with Gasteiger partial charge in [-0.2, -0.15) is 8.78 Å². The average Bonchev–Trinajstić information content (AvgIpc) is 3.58. The van der Waals surface area contributed by atoms with Crippen molar-refractivity contribution in [1.82, 2.24) is 4.57 Å². The Bertz CT molecular complexity index is 1120. The van der Waals surface area contributed by atoms with Gasteiger partial charge in [0.15, 0.2) is 5.75 Å². The zero-order chi connectivity index (χ0) is 22.3. The predicted molar refractivity (Wildman–Crippen MR) is 109 cm³/mol. The van der Waals surface area contributed by atoms with Crippen LogP contribution in [-0.2, 0) is 0 Å². The molecule has 0 atom stereocenters. The first kappa shape index (κ1) is 21.2. The number of anilines is 1. The molecule has 0 amide bonds. The molecule has 7 nitrogen and oxygen atoms in total. The van der Waals surface area contributed by atoms with Gasteiger partial charge in [-0.15, -0.1) is 0 Å². The van der Waals surface area contributed by atoms with Crippen molar-refractivity contribution >= 4 is 22.6 Å². The van der Waals surface area contributed by atoms with E-state index in [1.54, 1.807) is 9.47 Å². The summed E-state index contributed by atoms with van der Waals surface area (Å²) in [6, 6.07) is 2.84. The minimum atomic E-state index is -3.14. The molecule has 2 heterocycles. The number of carboxylic acids is 1. The molecular weight excluding hydrogens is 415 g/mol. The topological polar surface area (TPSA) is 97.8 Å². The number of aromatic nitrogens is 1. The Balaban J connectivity index is 1.87. The van der Waals surface area contributed by atoms with E-state index >= 15 is 0 Å². The molecule has 10 heteroatoms. The quantitative estimate of drug-likeness (QED) is 0.719. The Hall–Kier alpha value is -3.01. The number of nitrogens with zero attached hydrogens (tertiary/aromatic N) is 2. The highest BCUT2D eigenvalue weighted by Gasteiger charge is 2.31. The van der Waals surface area contributed by atoms with Gasteiger partial charge >= 0.3 is 12.6 Å². The lowest BCUT2D eigenvalue weighted by Gasteiger charge is -2.32. The Morgan fingerprint density at radius 2 is 1.94 bits per heavy atom. The molecule has 3 N–H and O–H groups in total. The molecular formula is C21H22F3N3O4. The molecule has 0 radical (unpaired) electrons. The lowest BCUT2D eigenvalue weighted by Crippen LogP contribution is -2.32. The van der Waals surface area contributed by atoms with E-state index in [1.807, 2.05) is 0 Å². The minimum Gasteiger partial charge on any atom is -0.477 e. The van der Waals surface area contributed by atoms with Gasteiger partial charge in [-0.05, 0) is 43.4 Å². The van der Waals surface area contributed by atoms with Gasteiger partial charge in [0.1, 0.15) is 11.4 Å². The first-order valence-electron chi connectivity index (χ1n) is 10.0. The molecule has 2 fully saturated rings. The van der Waals surface area contributed by atoms with Crippen molar-refractivity contribution in [1.29, 1.82) is 0 Å². The van der Waals surface area contributed by atoms with Crippen LogP contribution in [0.25, 0.3) is 10.9 Å². The summed E-state index contributed by atoms with van der Waals surface area (Å²) in [4.78, 5) is 26.1. The highest BCUT2D eigenvalue weighted by Crippen LogP contribution is 2.43. The number of benzene rings is 1. The number of aromatic carboxylic acids is 1. The van der Waals surface area contributed by atoms with Crippen molar-refractivity contribution in [2.24, 2.45) is 5.73 Å². The summed E-state index contributed by atoms with van der Waals surface area (Å²) < 4.78 is 47.0. The molecule has 0 unspecified atom stereocenters. The highest BCUT2D eigenvalue weighted by atomic mass is 19.3. The number of hydrogen-bond acceptors (Lipinski definition) is 5. The molecule has 0 spiro atoms. The van der Waals surface area contributed by atoms with Gasteiger partial charge in [0.25, 0.3) is 0 Å². The number of halogens is 3. The minimum absolute atomic E-state index is 0.0120. The van der Waals surface area contributed by atoms with Crippen LogP contribution < -0.4 is 20.8 Å². The molecule has 166 valence electrons. The number of carbonyl (C=O) groups is 1. The number of pyridine rings is 1. The van der Waals surface area contributed by atoms with Crippen molar-refractivity contribution in [3.05, 3.63) is 45.5 Å². The molecule has 1 aliphatic heterocycles. The Morgan fingerprint density at radius 3 is 2.48 bits per heavy atom. The molecule has 4 rings (SSSR count). The molecule has 1 saturated carbocycles. The van der Waals surface area contributed by atoms with Gasteiger partial charge in [-0.1, -0.05) is 0 Å². The normalized spacial score (nSPS) is 16.8. The summed E-state index contributed by atoms with van der Waals surface area (Å²) in [6.45, 7) is -2.57. The van der Waals surface area contributed by atoms with Crippen LogP contribution in [0.15, 0.2) is 34.5 Å². The predicted octanol–water partition coefficient (Wildman–Crippen LogP) is 3.42. The number of nitrogens with two attached hydrogens (primary N) is 1. The summed E-state index contributed by atoms with van der Waals surface area (Å²) >= 11 is 0. The molecule has 1 aromatic carbocycles. The van der Waals surface area contributed by atoms with Crippen LogP contribution >= 0.6 is 0 Å². The number of hydrogen-bond donors (Lipinski definition) is 2. The second kappa shape index (κ2) is 8.26. The van der Waals surface area contributed by atoms with E-state index < -0.39 is 23.6 Å². The average molecular weight is 437 g/mol. The fraction of sp³-hybridized carbons (Fsp3) is 0.429. The van der Waals surface area contributed by atoms with E-state index in [0.29, 0.717) is 37.2 Å². The molecule has 31 heavy (non-hydrogen) atoms. The van der Waals surface area contributed by atoms with E-state index in [1.165, 1.54) is 18.3 Å². The third kappa shape index (κ3) is 3.99. The zero-order valence-corrected chi connectivity index (χ0v) is 16.6. The number of ether oxygens (including phenoxy) is 1. The lowest BCUT2D eigenvalue weighted by molar-refractivity contribution is -0.0487. The van der Waals surface area contributed by atoms with E-state index in [-0.39, 0.29) is 35.1 Å². The second-order valence-electron chi connectivity index (χ2n) is 7.70. The van der Waals surface area contributed by atoms with Crippen molar-refractivity contribution in [2.75, 3.05) is 24.5 Å². The monoisotopic (exact) mass is 437 g/mol. The van der Waals surface area contributed by atoms with Gasteiger partial charge in [-0.25, -0.2) is 9.18 Å². The Morgan fingerprint density at radius 1 is 1.26 bits per heavy atom. The molecule has 1 saturated heterocycles. The first-order chi connectivity index (χ1) is 14.8. The van der Waals surface area contributed by atoms with E-state index in [9.17, 15) is 27.9 Å². The molecule has 1 aromatic heterocycles. The number of carboxylic acid groups (broad SMARTS) is 1. The maximum atomic E-state index is 13.8. The van der Waals surface area contributed by atoms with Gasteiger partial charge in [0.2, 0.25) is 5.43 Å². The van der Waals surface area contributed by atoms with Crippen LogP contribution in [-0.4, -0.2) is 41.9 Å². The summed E-state index contributed by atoms with van der Waals surface area (Å²) in [5.41, 5.74) is 5.32. The smallest absolute Gasteiger partial charge is 0.387 e. The Labute approximate surface area is 175 Å². The summed E-state index contributed by atoms with van der Waals surface area (Å²) in [5.74, 6) is -1.90. The maximum absolute atomic E-state index is 13.8. The third-order valence-corrected chi connectivity index (χ3v) is 5.77. The molecule has 2 aliphatic rings. The second-order valence-corrected chi connectivity index (χ2v) is 7.70. The highest BCUT2D eigenvalue weighted by molar-refractivity contribution is 5.97. The number of alkyl halides is 2. The van der Waals surface area contributed by atoms with Crippen molar-refractivity contribution < 1.29 is 27.8 Å². The SMILES string of the molecule is NCC(F)=C1CCN(c2ccc3c(=O)c(C(=O)O)cn(C4CC4)c3c2OC(F)F)CC1. The van der Waals surface area contributed by atoms with Crippen LogP contribution in [0.5, 0.6) is 5.75 Å². The van der Waals surface area contributed by atoms with Crippen molar-refractivity contribution in [3.63, 3.8) is 0 Å². The molecule has 0 bridgehead atoms. The van der Waals surface area contributed by atoms with Crippen LogP contribution in [0, 0.1) is 0 Å². The zero-order valence-electron chi connectivity index (χ0n) is 16.6. The summed E-state index contributed by atoms with van der Waals surface area (Å²) in [5, 5.41) is 9.41. The summed E-state index contributed by atoms with van der Waals surface area (Å²) in [7, 11) is 0. The third-order valence-electron chi connectivity index (χ3n) is 5.77. The van der Waals surface area contributed by atoms with Crippen molar-refractivity contribution in [3.8, 4) is 5.75 Å². The van der Waals surface area contributed by atoms with Gasteiger partial charge < -0.3 is 25.0 Å². The number of piperidine rings is 1. The standard InChI is InChI=1S/C21H22F3N3O4/c22-15(9-25)11-5-7-26(8-6-11)16-4-3-13-17(19(16)31-21(23)24)27(12-1-2-12)10-14(18(13)28)20(29)30/h3-4,10,12,21H,1-2,5-9,25H2,(H,29,30). The maximum Gasteiger partial charge on any atom is 0.387 e. The van der Waals surface area contributed by atoms with Crippen LogP contribution in [0.4, 0.5) is 18.9 Å². The van der Waals surface area contributed by atoms with E-state index in [0.717, 1.165) is 12.8 Å². The van der Waals surface area contributed by atoms with Crippen LogP contribution in [0.1, 0.15) is 42.1 Å². The van der Waals surface area contributed by atoms with Crippen LogP contribution in [0.3, 0.4) is 0 Å². The van der Waals surface area contributed by atoms with E-state index in [2.05, 4.69) is 0 Å². The summed E-state index contributed by atoms with van der Waals surface area (Å²) in [6.07, 6.45) is 3.48. The van der Waals surface area contributed by atoms with Gasteiger partial charge in [0.05, 0.1) is 16.6 Å². The Kier molecular flexibility index (Phi) is 5.65. The number of fused-ring (bicyclic) bond motifs is 1. The molecule has 2 aromatic rings. The van der Waals surface area contributed by atoms with E-state index in [4.69, 9.17) is 10.5 Å². The molecule has 1 aliphatic carbocycles. The number of rotatable bonds is 6. The van der Waals surface area contributed by atoms with Crippen LogP contribution in [0.2, 0.25) is 0 Å².